The van der Waals surface area contributed by atoms with Crippen molar-refractivity contribution in [3.05, 3.63) is 0 Å². The van der Waals surface area contributed by atoms with Gasteiger partial charge in [0.05, 0.1) is 0 Å². The number of amides is 1. The quantitative estimate of drug-likeness (QED) is 0.492. The molecule has 0 aromatic rings. The maximum Gasteiger partial charge on any atom is 0.243 e. The molecule has 0 saturated heterocycles. The zero-order chi connectivity index (χ0) is 9.03. The van der Waals surface area contributed by atoms with Crippen LogP contribution in [0.3, 0.4) is 0 Å². The molecule has 70 valence electrons. The molecule has 0 aromatic carbocycles. The van der Waals surface area contributed by atoms with Crippen molar-refractivity contribution in [2.75, 3.05) is 0 Å². The van der Waals surface area contributed by atoms with Crippen LogP contribution in [0.15, 0.2) is 0 Å². The zero-order valence-electron chi connectivity index (χ0n) is 7.60. The van der Waals surface area contributed by atoms with Gasteiger partial charge >= 0.3 is 0 Å². The molecule has 1 saturated carbocycles. The molecule has 0 radical (unpaired) electrons. The summed E-state index contributed by atoms with van der Waals surface area (Å²) in [5.41, 5.74) is 1.83. The average Bonchev–Trinajstić information content (AvgIpc) is 2.05. The van der Waals surface area contributed by atoms with Crippen LogP contribution in [-0.2, 0) is 4.79 Å². The van der Waals surface area contributed by atoms with E-state index in [1.165, 1.54) is 19.3 Å². The third-order valence-corrected chi connectivity index (χ3v) is 2.77. The van der Waals surface area contributed by atoms with Crippen molar-refractivity contribution < 1.29 is 10.0 Å². The summed E-state index contributed by atoms with van der Waals surface area (Å²) in [4.78, 5) is 10.9. The minimum Gasteiger partial charge on any atom is -0.289 e. The molecule has 0 aliphatic heterocycles. The van der Waals surface area contributed by atoms with Crippen LogP contribution in [0.5, 0.6) is 0 Å². The largest absolute Gasteiger partial charge is 0.289 e. The van der Waals surface area contributed by atoms with Gasteiger partial charge in [0.2, 0.25) is 5.91 Å². The van der Waals surface area contributed by atoms with Gasteiger partial charge in [-0.05, 0) is 18.3 Å². The lowest BCUT2D eigenvalue weighted by Gasteiger charge is -2.32. The normalized spacial score (nSPS) is 21.8. The van der Waals surface area contributed by atoms with E-state index < -0.39 is 0 Å². The van der Waals surface area contributed by atoms with E-state index >= 15 is 0 Å². The summed E-state index contributed by atoms with van der Waals surface area (Å²) < 4.78 is 0. The summed E-state index contributed by atoms with van der Waals surface area (Å²) in [5, 5.41) is 8.38. The fraction of sp³-hybridized carbons (Fsp3) is 0.889. The number of hydroxylamine groups is 1. The number of hydrogen-bond acceptors (Lipinski definition) is 2. The third-order valence-electron chi connectivity index (χ3n) is 2.77. The Bertz CT molecular complexity index is 162. The van der Waals surface area contributed by atoms with Crippen LogP contribution in [0.25, 0.3) is 0 Å². The highest BCUT2D eigenvalue weighted by atomic mass is 16.5. The van der Waals surface area contributed by atoms with Crippen molar-refractivity contribution in [3.8, 4) is 0 Å². The smallest absolute Gasteiger partial charge is 0.243 e. The van der Waals surface area contributed by atoms with Gasteiger partial charge in [-0.25, -0.2) is 5.48 Å². The molecule has 0 heterocycles. The molecule has 1 aliphatic rings. The van der Waals surface area contributed by atoms with E-state index in [2.05, 4.69) is 6.92 Å². The minimum absolute atomic E-state index is 0.130. The lowest BCUT2D eigenvalue weighted by molar-refractivity contribution is -0.131. The second-order valence-corrected chi connectivity index (χ2v) is 4.08. The van der Waals surface area contributed by atoms with E-state index in [0.717, 1.165) is 12.8 Å². The molecule has 0 bridgehead atoms. The highest BCUT2D eigenvalue weighted by Gasteiger charge is 2.28. The number of nitrogens with one attached hydrogen (secondary N) is 1. The number of hydrogen-bond donors (Lipinski definition) is 2. The molecule has 12 heavy (non-hydrogen) atoms. The Morgan fingerprint density at radius 1 is 1.42 bits per heavy atom. The molecule has 1 amide bonds. The molecular formula is C9H17NO2. The lowest BCUT2D eigenvalue weighted by Crippen LogP contribution is -2.29. The Morgan fingerprint density at radius 3 is 2.50 bits per heavy atom. The molecule has 3 heteroatoms. The van der Waals surface area contributed by atoms with E-state index in [1.54, 1.807) is 5.48 Å². The van der Waals surface area contributed by atoms with Crippen molar-refractivity contribution >= 4 is 5.91 Å². The SMILES string of the molecule is CC1(CC(=O)NO)CCCCC1. The van der Waals surface area contributed by atoms with Crippen LogP contribution in [0, 0.1) is 5.41 Å². The first kappa shape index (κ1) is 9.52. The van der Waals surface area contributed by atoms with Gasteiger partial charge in [-0.2, -0.15) is 0 Å². The summed E-state index contributed by atoms with van der Waals surface area (Å²) in [6.45, 7) is 2.13. The summed E-state index contributed by atoms with van der Waals surface area (Å²) in [5.74, 6) is -0.251. The predicted molar refractivity (Wildman–Crippen MR) is 45.7 cm³/mol. The maximum atomic E-state index is 10.9. The van der Waals surface area contributed by atoms with Crippen molar-refractivity contribution in [1.29, 1.82) is 0 Å². The molecule has 3 nitrogen and oxygen atoms in total. The van der Waals surface area contributed by atoms with E-state index in [1.807, 2.05) is 0 Å². The average molecular weight is 171 g/mol. The molecule has 0 spiro atoms. The standard InChI is InChI=1S/C9H17NO2/c1-9(7-8(11)10-12)5-3-2-4-6-9/h12H,2-7H2,1H3,(H,10,11). The molecule has 0 aromatic heterocycles. The lowest BCUT2D eigenvalue weighted by atomic mass is 9.73. The van der Waals surface area contributed by atoms with Gasteiger partial charge in [-0.1, -0.05) is 26.2 Å². The van der Waals surface area contributed by atoms with E-state index in [-0.39, 0.29) is 11.3 Å². The molecule has 1 fully saturated rings. The van der Waals surface area contributed by atoms with Crippen LogP contribution < -0.4 is 5.48 Å². The van der Waals surface area contributed by atoms with Crippen molar-refractivity contribution in [3.63, 3.8) is 0 Å². The predicted octanol–water partition coefficient (Wildman–Crippen LogP) is 1.85. The fourth-order valence-electron chi connectivity index (χ4n) is 2.01. The van der Waals surface area contributed by atoms with Gasteiger partial charge in [0.15, 0.2) is 0 Å². The molecular weight excluding hydrogens is 154 g/mol. The topological polar surface area (TPSA) is 49.3 Å². The first-order chi connectivity index (χ1) is 5.66. The second-order valence-electron chi connectivity index (χ2n) is 4.08. The number of carbonyl (C=O) groups excluding carboxylic acids is 1. The van der Waals surface area contributed by atoms with Crippen molar-refractivity contribution in [2.45, 2.75) is 45.4 Å². The van der Waals surface area contributed by atoms with Gasteiger partial charge in [-0.3, -0.25) is 10.0 Å². The zero-order valence-corrected chi connectivity index (χ0v) is 7.60. The molecule has 0 atom stereocenters. The number of carbonyl (C=O) groups is 1. The second kappa shape index (κ2) is 3.90. The van der Waals surface area contributed by atoms with Gasteiger partial charge < -0.3 is 0 Å². The Hall–Kier alpha value is -0.570. The van der Waals surface area contributed by atoms with E-state index in [0.29, 0.717) is 6.42 Å². The van der Waals surface area contributed by atoms with Gasteiger partial charge in [-0.15, -0.1) is 0 Å². The van der Waals surface area contributed by atoms with Crippen LogP contribution in [-0.4, -0.2) is 11.1 Å². The first-order valence-electron chi connectivity index (χ1n) is 4.59. The Morgan fingerprint density at radius 2 is 2.00 bits per heavy atom. The monoisotopic (exact) mass is 171 g/mol. The summed E-state index contributed by atoms with van der Waals surface area (Å²) in [7, 11) is 0. The van der Waals surface area contributed by atoms with E-state index in [4.69, 9.17) is 5.21 Å². The third kappa shape index (κ3) is 2.48. The summed E-state index contributed by atoms with van der Waals surface area (Å²) in [6, 6.07) is 0. The molecule has 1 rings (SSSR count). The summed E-state index contributed by atoms with van der Waals surface area (Å²) in [6.07, 6.45) is 6.41. The molecule has 0 unspecified atom stereocenters. The maximum absolute atomic E-state index is 10.9. The van der Waals surface area contributed by atoms with Gasteiger partial charge in [0.1, 0.15) is 0 Å². The molecule has 1 aliphatic carbocycles. The van der Waals surface area contributed by atoms with Crippen molar-refractivity contribution in [1.82, 2.24) is 5.48 Å². The highest BCUT2D eigenvalue weighted by Crippen LogP contribution is 2.38. The Kier molecular flexibility index (Phi) is 3.09. The first-order valence-corrected chi connectivity index (χ1v) is 4.59. The Labute approximate surface area is 73.1 Å². The number of rotatable bonds is 2. The molecule has 2 N–H and O–H groups in total. The fourth-order valence-corrected chi connectivity index (χ4v) is 2.01. The van der Waals surface area contributed by atoms with Crippen molar-refractivity contribution in [2.24, 2.45) is 5.41 Å². The van der Waals surface area contributed by atoms with Gasteiger partial charge in [0, 0.05) is 6.42 Å². The summed E-state index contributed by atoms with van der Waals surface area (Å²) >= 11 is 0. The van der Waals surface area contributed by atoms with Gasteiger partial charge in [0.25, 0.3) is 0 Å². The van der Waals surface area contributed by atoms with Crippen LogP contribution in [0.2, 0.25) is 0 Å². The van der Waals surface area contributed by atoms with Crippen LogP contribution in [0.4, 0.5) is 0 Å². The Balaban J connectivity index is 2.41. The van der Waals surface area contributed by atoms with E-state index in [9.17, 15) is 4.79 Å². The van der Waals surface area contributed by atoms with Crippen LogP contribution >= 0.6 is 0 Å². The minimum atomic E-state index is -0.251. The highest BCUT2D eigenvalue weighted by molar-refractivity contribution is 5.75. The van der Waals surface area contributed by atoms with Crippen LogP contribution in [0.1, 0.15) is 45.4 Å².